The van der Waals surface area contributed by atoms with Crippen LogP contribution in [0.25, 0.3) is 0 Å². The van der Waals surface area contributed by atoms with Gasteiger partial charge in [0.05, 0.1) is 4.47 Å². The van der Waals surface area contributed by atoms with Crippen molar-refractivity contribution in [2.24, 2.45) is 0 Å². The fourth-order valence-electron chi connectivity index (χ4n) is 1.85. The van der Waals surface area contributed by atoms with E-state index < -0.39 is 0 Å². The first-order chi connectivity index (χ1) is 9.63. The van der Waals surface area contributed by atoms with E-state index in [0.717, 1.165) is 21.3 Å². The summed E-state index contributed by atoms with van der Waals surface area (Å²) >= 11 is 4.62. The van der Waals surface area contributed by atoms with Gasteiger partial charge in [0.25, 0.3) is 0 Å². The lowest BCUT2D eigenvalue weighted by atomic mass is 10.3. The van der Waals surface area contributed by atoms with Gasteiger partial charge in [-0.1, -0.05) is 11.8 Å². The molecule has 2 N–H and O–H groups in total. The summed E-state index contributed by atoms with van der Waals surface area (Å²) in [6.45, 7) is 1.11. The van der Waals surface area contributed by atoms with Gasteiger partial charge in [0.1, 0.15) is 19.0 Å². The highest BCUT2D eigenvalue weighted by Crippen LogP contribution is 2.39. The summed E-state index contributed by atoms with van der Waals surface area (Å²) in [5.74, 6) is 1.10. The number of nitrogen functional groups attached to an aromatic ring is 1. The fourth-order valence-corrected chi connectivity index (χ4v) is 3.25. The Bertz CT molecular complexity index is 666. The van der Waals surface area contributed by atoms with Gasteiger partial charge in [-0.05, 0) is 46.3 Å². The summed E-state index contributed by atoms with van der Waals surface area (Å²) in [5.41, 5.74) is 6.25. The minimum atomic E-state index is -0.367. The fraction of sp³-hybridized carbons (Fsp3) is 0.143. The predicted molar refractivity (Wildman–Crippen MR) is 80.1 cm³/mol. The normalized spacial score (nSPS) is 13.3. The Morgan fingerprint density at radius 2 is 1.85 bits per heavy atom. The Labute approximate surface area is 128 Å². The molecule has 2 aromatic rings. The molecule has 0 bridgehead atoms. The molecule has 0 unspecified atom stereocenters. The molecule has 3 nitrogen and oxygen atoms in total. The lowest BCUT2D eigenvalue weighted by Gasteiger charge is -2.18. The summed E-state index contributed by atoms with van der Waals surface area (Å²) in [4.78, 5) is 1.74. The van der Waals surface area contributed by atoms with Crippen LogP contribution in [0.4, 0.5) is 10.1 Å². The molecule has 0 aromatic heterocycles. The van der Waals surface area contributed by atoms with E-state index in [1.54, 1.807) is 6.07 Å². The van der Waals surface area contributed by atoms with Crippen LogP contribution in [0.15, 0.2) is 44.6 Å². The molecular formula is C14H11BrFNO2S. The van der Waals surface area contributed by atoms with Crippen LogP contribution in [0.5, 0.6) is 11.5 Å². The summed E-state index contributed by atoms with van der Waals surface area (Å²) < 4.78 is 24.8. The van der Waals surface area contributed by atoms with Crippen LogP contribution in [0.1, 0.15) is 0 Å². The quantitative estimate of drug-likeness (QED) is 0.824. The van der Waals surface area contributed by atoms with Gasteiger partial charge in [0.2, 0.25) is 0 Å². The van der Waals surface area contributed by atoms with E-state index in [1.807, 2.05) is 18.2 Å². The average Bonchev–Trinajstić information content (AvgIpc) is 2.44. The van der Waals surface area contributed by atoms with E-state index in [4.69, 9.17) is 15.2 Å². The largest absolute Gasteiger partial charge is 0.486 e. The van der Waals surface area contributed by atoms with Crippen molar-refractivity contribution in [3.05, 3.63) is 40.6 Å². The number of hydrogen-bond acceptors (Lipinski definition) is 4. The molecule has 1 aliphatic heterocycles. The molecule has 104 valence electrons. The van der Waals surface area contributed by atoms with Gasteiger partial charge in [-0.3, -0.25) is 0 Å². The second kappa shape index (κ2) is 5.54. The van der Waals surface area contributed by atoms with E-state index in [2.05, 4.69) is 15.9 Å². The van der Waals surface area contributed by atoms with Gasteiger partial charge in [-0.15, -0.1) is 0 Å². The molecule has 20 heavy (non-hydrogen) atoms. The van der Waals surface area contributed by atoms with E-state index >= 15 is 0 Å². The monoisotopic (exact) mass is 355 g/mol. The zero-order valence-corrected chi connectivity index (χ0v) is 12.8. The standard InChI is InChI=1S/C14H11BrFNO2S/c15-9-6-14(11(17)7-10(9)16)20-8-1-2-12-13(5-8)19-4-3-18-12/h1-2,5-7H,3-4,17H2. The summed E-state index contributed by atoms with van der Waals surface area (Å²) in [6.07, 6.45) is 0. The number of hydrogen-bond donors (Lipinski definition) is 1. The zero-order valence-electron chi connectivity index (χ0n) is 10.4. The SMILES string of the molecule is Nc1cc(F)c(Br)cc1Sc1ccc2c(c1)OCCO2. The first-order valence-electron chi connectivity index (χ1n) is 5.95. The molecule has 6 heteroatoms. The van der Waals surface area contributed by atoms with Crippen LogP contribution in [0.3, 0.4) is 0 Å². The third kappa shape index (κ3) is 2.71. The van der Waals surface area contributed by atoms with Gasteiger partial charge >= 0.3 is 0 Å². The Hall–Kier alpha value is -1.40. The van der Waals surface area contributed by atoms with Crippen molar-refractivity contribution >= 4 is 33.4 Å². The van der Waals surface area contributed by atoms with E-state index in [9.17, 15) is 4.39 Å². The molecule has 0 amide bonds. The Morgan fingerprint density at radius 1 is 1.10 bits per heavy atom. The van der Waals surface area contributed by atoms with Gasteiger partial charge in [-0.25, -0.2) is 4.39 Å². The van der Waals surface area contributed by atoms with Crippen LogP contribution < -0.4 is 15.2 Å². The molecule has 0 atom stereocenters. The van der Waals surface area contributed by atoms with Gasteiger partial charge in [0, 0.05) is 15.5 Å². The molecule has 0 saturated heterocycles. The van der Waals surface area contributed by atoms with Crippen molar-refractivity contribution in [2.75, 3.05) is 18.9 Å². The smallest absolute Gasteiger partial charge is 0.162 e. The van der Waals surface area contributed by atoms with Crippen LogP contribution in [0.2, 0.25) is 0 Å². The van der Waals surface area contributed by atoms with Crippen molar-refractivity contribution in [1.82, 2.24) is 0 Å². The highest BCUT2D eigenvalue weighted by Gasteiger charge is 2.13. The maximum atomic E-state index is 13.4. The molecule has 3 rings (SSSR count). The zero-order chi connectivity index (χ0) is 14.1. The number of fused-ring (bicyclic) bond motifs is 1. The summed E-state index contributed by atoms with van der Waals surface area (Å²) in [6, 6.07) is 8.67. The van der Waals surface area contributed by atoms with E-state index in [1.165, 1.54) is 17.8 Å². The molecule has 0 spiro atoms. The third-order valence-electron chi connectivity index (χ3n) is 2.79. The number of rotatable bonds is 2. The highest BCUT2D eigenvalue weighted by atomic mass is 79.9. The average molecular weight is 356 g/mol. The Kier molecular flexibility index (Phi) is 3.76. The Morgan fingerprint density at radius 3 is 2.65 bits per heavy atom. The van der Waals surface area contributed by atoms with Crippen molar-refractivity contribution in [3.8, 4) is 11.5 Å². The maximum Gasteiger partial charge on any atom is 0.162 e. The number of ether oxygens (including phenoxy) is 2. The van der Waals surface area contributed by atoms with Gasteiger partial charge in [-0.2, -0.15) is 0 Å². The molecule has 0 saturated carbocycles. The molecule has 0 fully saturated rings. The second-order valence-corrected chi connectivity index (χ2v) is 6.18. The minimum absolute atomic E-state index is 0.367. The molecular weight excluding hydrogens is 345 g/mol. The van der Waals surface area contributed by atoms with Crippen LogP contribution >= 0.6 is 27.7 Å². The maximum absolute atomic E-state index is 13.4. The van der Waals surface area contributed by atoms with Gasteiger partial charge in [0.15, 0.2) is 11.5 Å². The number of benzene rings is 2. The summed E-state index contributed by atoms with van der Waals surface area (Å²) in [5, 5.41) is 0. The van der Waals surface area contributed by atoms with Crippen LogP contribution in [-0.4, -0.2) is 13.2 Å². The van der Waals surface area contributed by atoms with E-state index in [0.29, 0.717) is 23.4 Å². The van der Waals surface area contributed by atoms with Crippen molar-refractivity contribution in [3.63, 3.8) is 0 Å². The molecule has 2 aromatic carbocycles. The number of halogens is 2. The van der Waals surface area contributed by atoms with Gasteiger partial charge < -0.3 is 15.2 Å². The molecule has 1 aliphatic rings. The van der Waals surface area contributed by atoms with Crippen LogP contribution in [-0.2, 0) is 0 Å². The first kappa shape index (κ1) is 13.6. The van der Waals surface area contributed by atoms with Crippen molar-refractivity contribution in [1.29, 1.82) is 0 Å². The van der Waals surface area contributed by atoms with Crippen LogP contribution in [0, 0.1) is 5.82 Å². The Balaban J connectivity index is 1.89. The van der Waals surface area contributed by atoms with Crippen molar-refractivity contribution in [2.45, 2.75) is 9.79 Å². The summed E-state index contributed by atoms with van der Waals surface area (Å²) in [7, 11) is 0. The lowest BCUT2D eigenvalue weighted by Crippen LogP contribution is -2.15. The topological polar surface area (TPSA) is 44.5 Å². The molecule has 0 aliphatic carbocycles. The second-order valence-electron chi connectivity index (χ2n) is 4.21. The molecule has 1 heterocycles. The van der Waals surface area contributed by atoms with Crippen molar-refractivity contribution < 1.29 is 13.9 Å². The lowest BCUT2D eigenvalue weighted by molar-refractivity contribution is 0.171. The highest BCUT2D eigenvalue weighted by molar-refractivity contribution is 9.10. The minimum Gasteiger partial charge on any atom is -0.486 e. The number of nitrogens with two attached hydrogens (primary N) is 1. The van der Waals surface area contributed by atoms with E-state index in [-0.39, 0.29) is 5.82 Å². The number of anilines is 1. The molecule has 0 radical (unpaired) electrons. The third-order valence-corrected chi connectivity index (χ3v) is 4.46. The predicted octanol–water partition coefficient (Wildman–Crippen LogP) is 4.09. The first-order valence-corrected chi connectivity index (χ1v) is 7.56.